The van der Waals surface area contributed by atoms with Crippen LogP contribution >= 0.6 is 22.7 Å². The smallest absolute Gasteiger partial charge is 0.274 e. The van der Waals surface area contributed by atoms with Gasteiger partial charge in [-0.2, -0.15) is 5.10 Å². The van der Waals surface area contributed by atoms with E-state index in [0.717, 1.165) is 28.4 Å². The van der Waals surface area contributed by atoms with Gasteiger partial charge in [-0.1, -0.05) is 0 Å². The lowest BCUT2D eigenvalue weighted by molar-refractivity contribution is 0.0779. The van der Waals surface area contributed by atoms with Crippen LogP contribution in [0.5, 0.6) is 0 Å². The summed E-state index contributed by atoms with van der Waals surface area (Å²) in [5, 5.41) is 8.20. The minimum absolute atomic E-state index is 0.0797. The summed E-state index contributed by atoms with van der Waals surface area (Å²) < 4.78 is 0. The molecule has 25 heavy (non-hydrogen) atoms. The molecule has 130 valence electrons. The van der Waals surface area contributed by atoms with E-state index in [1.165, 1.54) is 28.3 Å². The number of carbonyl (C=O) groups excluding carboxylic acids is 1. The minimum Gasteiger partial charge on any atom is -0.334 e. The van der Waals surface area contributed by atoms with Gasteiger partial charge in [0, 0.05) is 16.8 Å². The zero-order valence-corrected chi connectivity index (χ0v) is 16.0. The second kappa shape index (κ2) is 6.72. The number of aromatic amines is 1. The molecule has 0 aliphatic heterocycles. The topological polar surface area (TPSA) is 61.9 Å². The minimum atomic E-state index is -0.0797. The van der Waals surface area contributed by atoms with Crippen molar-refractivity contribution in [3.05, 3.63) is 44.3 Å². The first-order chi connectivity index (χ1) is 12.1. The summed E-state index contributed by atoms with van der Waals surface area (Å²) in [6, 6.07) is 5.95. The molecule has 0 radical (unpaired) electrons. The van der Waals surface area contributed by atoms with Crippen molar-refractivity contribution in [3.8, 4) is 10.6 Å². The lowest BCUT2D eigenvalue weighted by Gasteiger charge is -2.13. The average Bonchev–Trinajstić information content (AvgIpc) is 3.32. The van der Waals surface area contributed by atoms with Crippen LogP contribution in [-0.2, 0) is 19.4 Å². The van der Waals surface area contributed by atoms with Gasteiger partial charge in [0.1, 0.15) is 5.01 Å². The van der Waals surface area contributed by atoms with Crippen molar-refractivity contribution >= 4 is 28.6 Å². The van der Waals surface area contributed by atoms with Crippen molar-refractivity contribution in [3.63, 3.8) is 0 Å². The summed E-state index contributed by atoms with van der Waals surface area (Å²) in [6.07, 6.45) is 4.69. The Kier molecular flexibility index (Phi) is 4.43. The molecule has 0 fully saturated rings. The molecule has 1 aliphatic carbocycles. The molecule has 0 atom stereocenters. The summed E-state index contributed by atoms with van der Waals surface area (Å²) in [6.45, 7) is 2.61. The Morgan fingerprint density at radius 1 is 1.28 bits per heavy atom. The van der Waals surface area contributed by atoms with Gasteiger partial charge in [-0.3, -0.25) is 9.89 Å². The molecule has 3 aromatic rings. The fourth-order valence-electron chi connectivity index (χ4n) is 3.08. The summed E-state index contributed by atoms with van der Waals surface area (Å²) in [4.78, 5) is 22.8. The summed E-state index contributed by atoms with van der Waals surface area (Å²) >= 11 is 3.44. The predicted molar refractivity (Wildman–Crippen MR) is 101 cm³/mol. The first-order valence-electron chi connectivity index (χ1n) is 8.45. The molecule has 0 aromatic carbocycles. The number of rotatable bonds is 4. The molecule has 3 aromatic heterocycles. The molecule has 0 saturated heterocycles. The Morgan fingerprint density at radius 3 is 2.88 bits per heavy atom. The van der Waals surface area contributed by atoms with Crippen molar-refractivity contribution < 1.29 is 4.79 Å². The van der Waals surface area contributed by atoms with Crippen LogP contribution in [-0.4, -0.2) is 33.0 Å². The lowest BCUT2D eigenvalue weighted by atomic mass is 10.0. The van der Waals surface area contributed by atoms with Gasteiger partial charge in [-0.15, -0.1) is 22.7 Å². The number of H-pyrrole nitrogens is 1. The summed E-state index contributed by atoms with van der Waals surface area (Å²) in [5.41, 5.74) is 2.58. The van der Waals surface area contributed by atoms with Crippen LogP contribution in [0.4, 0.5) is 0 Å². The molecule has 1 N–H and O–H groups in total. The number of hydrogen-bond acceptors (Lipinski definition) is 5. The molecule has 4 rings (SSSR count). The molecule has 7 heteroatoms. The maximum absolute atomic E-state index is 12.7. The Bertz CT molecular complexity index is 884. The van der Waals surface area contributed by atoms with Crippen molar-refractivity contribution in [2.24, 2.45) is 0 Å². The van der Waals surface area contributed by atoms with Crippen LogP contribution in [0.3, 0.4) is 0 Å². The largest absolute Gasteiger partial charge is 0.334 e. The van der Waals surface area contributed by atoms with Crippen LogP contribution in [0.15, 0.2) is 18.2 Å². The lowest BCUT2D eigenvalue weighted by Crippen LogP contribution is -2.26. The third kappa shape index (κ3) is 3.39. The number of aryl methyl sites for hydroxylation is 3. The number of carbonyl (C=O) groups is 1. The van der Waals surface area contributed by atoms with Gasteiger partial charge in [-0.05, 0) is 50.8 Å². The van der Waals surface area contributed by atoms with Crippen molar-refractivity contribution in [1.29, 1.82) is 0 Å². The first-order valence-corrected chi connectivity index (χ1v) is 10.1. The van der Waals surface area contributed by atoms with Crippen LogP contribution in [0.25, 0.3) is 10.6 Å². The van der Waals surface area contributed by atoms with Gasteiger partial charge >= 0.3 is 0 Å². The zero-order chi connectivity index (χ0) is 17.4. The number of thiazole rings is 1. The first kappa shape index (κ1) is 16.5. The average molecular weight is 373 g/mol. The number of aromatic nitrogens is 3. The van der Waals surface area contributed by atoms with Crippen LogP contribution in [0, 0.1) is 6.92 Å². The highest BCUT2D eigenvalue weighted by atomic mass is 32.1. The number of amides is 1. The molecule has 5 nitrogen and oxygen atoms in total. The second-order valence-electron chi connectivity index (χ2n) is 6.42. The van der Waals surface area contributed by atoms with Gasteiger partial charge < -0.3 is 4.90 Å². The van der Waals surface area contributed by atoms with E-state index in [1.54, 1.807) is 27.6 Å². The molecular formula is C18H20N4OS2. The molecule has 0 unspecified atom stereocenters. The highest BCUT2D eigenvalue weighted by Gasteiger charge is 2.20. The SMILES string of the molecule is Cc1ccc(-c2cc(C(=O)N(C)Cc3nc4c(s3)CCCC4)n[nH]2)s1. The molecule has 1 amide bonds. The number of thiophene rings is 1. The van der Waals surface area contributed by atoms with E-state index >= 15 is 0 Å². The van der Waals surface area contributed by atoms with Gasteiger partial charge in [0.15, 0.2) is 5.69 Å². The standard InChI is InChI=1S/C18H20N4OS2/c1-11-7-8-16(24-11)13-9-14(21-20-13)18(23)22(2)10-17-19-12-5-3-4-6-15(12)25-17/h7-9H,3-6,10H2,1-2H3,(H,20,21). The number of nitrogens with one attached hydrogen (secondary N) is 1. The highest BCUT2D eigenvalue weighted by molar-refractivity contribution is 7.15. The number of nitrogens with zero attached hydrogens (tertiary/aromatic N) is 3. The van der Waals surface area contributed by atoms with Crippen LogP contribution in [0.1, 0.15) is 43.8 Å². The quantitative estimate of drug-likeness (QED) is 0.751. The van der Waals surface area contributed by atoms with Gasteiger partial charge in [0.05, 0.1) is 22.8 Å². The van der Waals surface area contributed by atoms with Gasteiger partial charge in [0.25, 0.3) is 5.91 Å². The van der Waals surface area contributed by atoms with Crippen molar-refractivity contribution in [1.82, 2.24) is 20.1 Å². The Morgan fingerprint density at radius 2 is 2.12 bits per heavy atom. The van der Waals surface area contributed by atoms with E-state index in [9.17, 15) is 4.79 Å². The maximum atomic E-state index is 12.7. The summed E-state index contributed by atoms with van der Waals surface area (Å²) in [7, 11) is 1.81. The normalized spacial score (nSPS) is 13.7. The van der Waals surface area contributed by atoms with Crippen molar-refractivity contribution in [2.45, 2.75) is 39.2 Å². The Hall–Kier alpha value is -1.99. The van der Waals surface area contributed by atoms with E-state index in [1.807, 2.05) is 19.2 Å². The van der Waals surface area contributed by atoms with Crippen LogP contribution in [0.2, 0.25) is 0 Å². The fourth-order valence-corrected chi connectivity index (χ4v) is 5.12. The number of hydrogen-bond donors (Lipinski definition) is 1. The third-order valence-corrected chi connectivity index (χ3v) is 6.59. The number of fused-ring (bicyclic) bond motifs is 1. The molecule has 0 saturated carbocycles. The summed E-state index contributed by atoms with van der Waals surface area (Å²) in [5.74, 6) is -0.0797. The molecule has 3 heterocycles. The van der Waals surface area contributed by atoms with Gasteiger partial charge in [0.2, 0.25) is 0 Å². The predicted octanol–water partition coefficient (Wildman–Crippen LogP) is 4.05. The zero-order valence-electron chi connectivity index (χ0n) is 14.3. The maximum Gasteiger partial charge on any atom is 0.274 e. The molecule has 0 spiro atoms. The van der Waals surface area contributed by atoms with E-state index in [2.05, 4.69) is 23.2 Å². The highest BCUT2D eigenvalue weighted by Crippen LogP contribution is 2.28. The third-order valence-electron chi connectivity index (χ3n) is 4.41. The van der Waals surface area contributed by atoms with E-state index < -0.39 is 0 Å². The molecule has 0 bridgehead atoms. The Balaban J connectivity index is 1.47. The second-order valence-corrected chi connectivity index (χ2v) is 8.88. The monoisotopic (exact) mass is 372 g/mol. The van der Waals surface area contributed by atoms with Crippen molar-refractivity contribution in [2.75, 3.05) is 7.05 Å². The fraction of sp³-hybridized carbons (Fsp3) is 0.389. The Labute approximate surface area is 154 Å². The molecular weight excluding hydrogens is 352 g/mol. The van der Waals surface area contributed by atoms with Crippen LogP contribution < -0.4 is 0 Å². The van der Waals surface area contributed by atoms with E-state index in [4.69, 9.17) is 4.98 Å². The van der Waals surface area contributed by atoms with Gasteiger partial charge in [-0.25, -0.2) is 4.98 Å². The van der Waals surface area contributed by atoms with E-state index in [0.29, 0.717) is 12.2 Å². The van der Waals surface area contributed by atoms with E-state index in [-0.39, 0.29) is 5.91 Å². The molecule has 1 aliphatic rings.